The summed E-state index contributed by atoms with van der Waals surface area (Å²) < 4.78 is 30.7. The number of ether oxygens (including phenoxy) is 1. The predicted molar refractivity (Wildman–Crippen MR) is 100 cm³/mol. The van der Waals surface area contributed by atoms with Gasteiger partial charge in [-0.05, 0) is 50.3 Å². The molecule has 1 saturated carbocycles. The third-order valence-corrected chi connectivity index (χ3v) is 7.23. The van der Waals surface area contributed by atoms with E-state index in [0.717, 1.165) is 24.2 Å². The first-order valence-electron chi connectivity index (χ1n) is 9.36. The van der Waals surface area contributed by atoms with Crippen molar-refractivity contribution in [2.45, 2.75) is 45.2 Å². The number of carbonyl (C=O) groups excluding carboxylic acids is 1. The zero-order chi connectivity index (χ0) is 18.7. The van der Waals surface area contributed by atoms with Crippen molar-refractivity contribution in [2.24, 2.45) is 5.92 Å². The van der Waals surface area contributed by atoms with Crippen LogP contribution in [-0.4, -0.2) is 55.5 Å². The summed E-state index contributed by atoms with van der Waals surface area (Å²) in [4.78, 5) is 15.1. The molecule has 1 amide bonds. The summed E-state index contributed by atoms with van der Waals surface area (Å²) in [6, 6.07) is 8.16. The number of hydrogen-bond acceptors (Lipinski definition) is 4. The van der Waals surface area contributed by atoms with Crippen LogP contribution < -0.4 is 4.74 Å². The Balaban J connectivity index is 1.62. The number of methoxy groups -OCH3 is 1. The number of nitrogens with zero attached hydrogens (tertiary/aromatic N) is 2. The molecule has 2 aliphatic rings. The molecule has 0 radical (unpaired) electrons. The van der Waals surface area contributed by atoms with E-state index in [-0.39, 0.29) is 17.6 Å². The fourth-order valence-electron chi connectivity index (χ4n) is 3.50. The van der Waals surface area contributed by atoms with E-state index >= 15 is 0 Å². The molecular weight excluding hydrogens is 352 g/mol. The van der Waals surface area contributed by atoms with E-state index in [1.807, 2.05) is 29.2 Å². The zero-order valence-corrected chi connectivity index (χ0v) is 16.4. The topological polar surface area (TPSA) is 66.9 Å². The van der Waals surface area contributed by atoms with Gasteiger partial charge in [-0.3, -0.25) is 4.79 Å². The number of benzene rings is 1. The Hall–Kier alpha value is -1.60. The van der Waals surface area contributed by atoms with Crippen LogP contribution >= 0.6 is 0 Å². The molecule has 1 aromatic rings. The molecule has 0 bridgehead atoms. The van der Waals surface area contributed by atoms with Crippen LogP contribution in [0.3, 0.4) is 0 Å². The van der Waals surface area contributed by atoms with E-state index in [2.05, 4.69) is 0 Å². The molecule has 3 rings (SSSR count). The number of sulfonamides is 1. The van der Waals surface area contributed by atoms with Gasteiger partial charge in [0.25, 0.3) is 0 Å². The van der Waals surface area contributed by atoms with Crippen molar-refractivity contribution in [2.75, 3.05) is 26.0 Å². The van der Waals surface area contributed by atoms with Crippen LogP contribution in [0.15, 0.2) is 24.3 Å². The fourth-order valence-corrected chi connectivity index (χ4v) is 4.63. The number of carbonyl (C=O) groups is 1. The molecule has 0 unspecified atom stereocenters. The highest BCUT2D eigenvalue weighted by Gasteiger charge is 2.38. The van der Waals surface area contributed by atoms with Crippen LogP contribution in [0, 0.1) is 5.92 Å². The number of piperidine rings is 1. The van der Waals surface area contributed by atoms with Crippen molar-refractivity contribution < 1.29 is 17.9 Å². The summed E-state index contributed by atoms with van der Waals surface area (Å²) in [6.45, 7) is 3.18. The molecule has 1 aromatic carbocycles. The van der Waals surface area contributed by atoms with Crippen molar-refractivity contribution in [3.63, 3.8) is 0 Å². The maximum Gasteiger partial charge on any atom is 0.226 e. The molecule has 26 heavy (non-hydrogen) atoms. The minimum Gasteiger partial charge on any atom is -0.497 e. The average molecular weight is 381 g/mol. The second-order valence-electron chi connectivity index (χ2n) is 7.12. The van der Waals surface area contributed by atoms with E-state index in [0.29, 0.717) is 38.5 Å². The Morgan fingerprint density at radius 1 is 1.15 bits per heavy atom. The summed E-state index contributed by atoms with van der Waals surface area (Å²) in [7, 11) is -1.51. The van der Waals surface area contributed by atoms with Crippen LogP contribution in [0.5, 0.6) is 5.75 Å². The Kier molecular flexibility index (Phi) is 5.87. The van der Waals surface area contributed by atoms with Gasteiger partial charge in [0.15, 0.2) is 0 Å². The first kappa shape index (κ1) is 19.2. The van der Waals surface area contributed by atoms with Crippen molar-refractivity contribution in [1.82, 2.24) is 9.21 Å². The molecular formula is C19H28N2O4S. The Bertz CT molecular complexity index is 720. The van der Waals surface area contributed by atoms with Gasteiger partial charge in [-0.2, -0.15) is 0 Å². The van der Waals surface area contributed by atoms with Crippen LogP contribution in [0.2, 0.25) is 0 Å². The maximum atomic E-state index is 13.1. The molecule has 0 atom stereocenters. The van der Waals surface area contributed by atoms with Gasteiger partial charge in [-0.25, -0.2) is 12.7 Å². The van der Waals surface area contributed by atoms with Gasteiger partial charge in [0, 0.05) is 31.6 Å². The second kappa shape index (κ2) is 7.96. The van der Waals surface area contributed by atoms with E-state index in [1.165, 1.54) is 4.31 Å². The smallest absolute Gasteiger partial charge is 0.226 e. The largest absolute Gasteiger partial charge is 0.497 e. The van der Waals surface area contributed by atoms with Gasteiger partial charge in [-0.15, -0.1) is 0 Å². The Labute approximate surface area is 156 Å². The van der Waals surface area contributed by atoms with Gasteiger partial charge >= 0.3 is 0 Å². The highest BCUT2D eigenvalue weighted by Crippen LogP contribution is 2.32. The Morgan fingerprint density at radius 2 is 1.77 bits per heavy atom. The summed E-state index contributed by atoms with van der Waals surface area (Å²) >= 11 is 0. The third kappa shape index (κ3) is 4.38. The third-order valence-electron chi connectivity index (χ3n) is 5.34. The van der Waals surface area contributed by atoms with Gasteiger partial charge in [0.2, 0.25) is 15.9 Å². The standard InChI is InChI=1S/C19H28N2O4S/c1-3-26(23,24)20-12-10-16(11-13-20)19(22)21(17-6-7-17)14-15-4-8-18(25-2)9-5-15/h4-5,8-9,16-17H,3,6-7,10-14H2,1-2H3. The molecule has 0 aromatic heterocycles. The Morgan fingerprint density at radius 3 is 2.27 bits per heavy atom. The molecule has 1 saturated heterocycles. The maximum absolute atomic E-state index is 13.1. The SMILES string of the molecule is CCS(=O)(=O)N1CCC(C(=O)N(Cc2ccc(OC)cc2)C2CC2)CC1. The lowest BCUT2D eigenvalue weighted by molar-refractivity contribution is -0.138. The van der Waals surface area contributed by atoms with Gasteiger partial charge in [0.05, 0.1) is 12.9 Å². The number of amides is 1. The molecule has 1 aliphatic carbocycles. The van der Waals surface area contributed by atoms with Crippen molar-refractivity contribution in [3.8, 4) is 5.75 Å². The molecule has 7 heteroatoms. The molecule has 144 valence electrons. The summed E-state index contributed by atoms with van der Waals surface area (Å²) in [6.07, 6.45) is 3.35. The molecule has 0 spiro atoms. The lowest BCUT2D eigenvalue weighted by atomic mass is 9.96. The number of rotatable bonds is 7. The van der Waals surface area contributed by atoms with E-state index in [1.54, 1.807) is 14.0 Å². The quantitative estimate of drug-likeness (QED) is 0.728. The van der Waals surface area contributed by atoms with Gasteiger partial charge in [-0.1, -0.05) is 12.1 Å². The van der Waals surface area contributed by atoms with Crippen molar-refractivity contribution in [3.05, 3.63) is 29.8 Å². The number of hydrogen-bond donors (Lipinski definition) is 0. The first-order chi connectivity index (χ1) is 12.4. The summed E-state index contributed by atoms with van der Waals surface area (Å²) in [5, 5.41) is 0. The lowest BCUT2D eigenvalue weighted by Gasteiger charge is -2.33. The summed E-state index contributed by atoms with van der Waals surface area (Å²) in [5.41, 5.74) is 1.09. The average Bonchev–Trinajstić information content (AvgIpc) is 3.51. The minimum atomic E-state index is -3.15. The van der Waals surface area contributed by atoms with Crippen LogP contribution in [-0.2, 0) is 21.4 Å². The van der Waals surface area contributed by atoms with Crippen LogP contribution in [0.4, 0.5) is 0 Å². The molecule has 2 fully saturated rings. The van der Waals surface area contributed by atoms with Gasteiger partial charge < -0.3 is 9.64 Å². The normalized spacial score (nSPS) is 19.3. The summed E-state index contributed by atoms with van der Waals surface area (Å²) in [5.74, 6) is 1.04. The second-order valence-corrected chi connectivity index (χ2v) is 9.38. The predicted octanol–water partition coefficient (Wildman–Crippen LogP) is 2.25. The van der Waals surface area contributed by atoms with Crippen LogP contribution in [0.1, 0.15) is 38.2 Å². The first-order valence-corrected chi connectivity index (χ1v) is 11.0. The monoisotopic (exact) mass is 380 g/mol. The van der Waals surface area contributed by atoms with E-state index in [4.69, 9.17) is 4.74 Å². The highest BCUT2D eigenvalue weighted by atomic mass is 32.2. The van der Waals surface area contributed by atoms with E-state index in [9.17, 15) is 13.2 Å². The molecule has 0 N–H and O–H groups in total. The van der Waals surface area contributed by atoms with E-state index < -0.39 is 10.0 Å². The molecule has 6 nitrogen and oxygen atoms in total. The van der Waals surface area contributed by atoms with Crippen molar-refractivity contribution in [1.29, 1.82) is 0 Å². The minimum absolute atomic E-state index is 0.0721. The molecule has 1 heterocycles. The zero-order valence-electron chi connectivity index (χ0n) is 15.6. The van der Waals surface area contributed by atoms with Crippen LogP contribution in [0.25, 0.3) is 0 Å². The van der Waals surface area contributed by atoms with Crippen molar-refractivity contribution >= 4 is 15.9 Å². The molecule has 1 aliphatic heterocycles. The lowest BCUT2D eigenvalue weighted by Crippen LogP contribution is -2.45. The fraction of sp³-hybridized carbons (Fsp3) is 0.632. The highest BCUT2D eigenvalue weighted by molar-refractivity contribution is 7.89. The van der Waals surface area contributed by atoms with Gasteiger partial charge in [0.1, 0.15) is 5.75 Å².